The molecular weight excluding hydrogens is 238 g/mol. The molecule has 19 heavy (non-hydrogen) atoms. The summed E-state index contributed by atoms with van der Waals surface area (Å²) in [7, 11) is 1.71. The molecule has 0 heterocycles. The van der Waals surface area contributed by atoms with E-state index < -0.39 is 0 Å². The van der Waals surface area contributed by atoms with Crippen LogP contribution in [0.3, 0.4) is 0 Å². The van der Waals surface area contributed by atoms with Crippen LogP contribution in [0, 0.1) is 0 Å². The first-order chi connectivity index (χ1) is 9.31. The normalized spacial score (nSPS) is 10.7. The molecular formula is C16H27NO2. The predicted molar refractivity (Wildman–Crippen MR) is 79.6 cm³/mol. The van der Waals surface area contributed by atoms with Gasteiger partial charge in [0.1, 0.15) is 5.75 Å². The number of hydrogen-bond donors (Lipinski definition) is 1. The Labute approximate surface area is 117 Å². The zero-order valence-corrected chi connectivity index (χ0v) is 12.5. The molecule has 0 bridgehead atoms. The summed E-state index contributed by atoms with van der Waals surface area (Å²) in [6, 6.07) is 6.31. The van der Waals surface area contributed by atoms with Crippen molar-refractivity contribution in [1.29, 1.82) is 0 Å². The van der Waals surface area contributed by atoms with Gasteiger partial charge in [-0.3, -0.25) is 0 Å². The molecule has 0 amide bonds. The molecule has 0 spiro atoms. The number of methoxy groups -OCH3 is 1. The van der Waals surface area contributed by atoms with Crippen LogP contribution in [-0.4, -0.2) is 20.3 Å². The first-order valence-electron chi connectivity index (χ1n) is 7.26. The van der Waals surface area contributed by atoms with Crippen LogP contribution in [0.1, 0.15) is 44.2 Å². The lowest BCUT2D eigenvalue weighted by Gasteiger charge is -2.12. The fourth-order valence-corrected chi connectivity index (χ4v) is 1.89. The lowest BCUT2D eigenvalue weighted by molar-refractivity contribution is 0.116. The summed E-state index contributed by atoms with van der Waals surface area (Å²) in [6.07, 6.45) is 3.43. The van der Waals surface area contributed by atoms with E-state index in [-0.39, 0.29) is 0 Å². The minimum Gasteiger partial charge on any atom is -0.496 e. The highest BCUT2D eigenvalue weighted by Crippen LogP contribution is 2.21. The molecule has 0 atom stereocenters. The molecule has 1 N–H and O–H groups in total. The molecule has 1 aromatic rings. The Kier molecular flexibility index (Phi) is 8.26. The van der Waals surface area contributed by atoms with Crippen LogP contribution >= 0.6 is 0 Å². The Hall–Kier alpha value is -1.06. The lowest BCUT2D eigenvalue weighted by Crippen LogP contribution is -2.14. The van der Waals surface area contributed by atoms with E-state index in [1.807, 2.05) is 6.07 Å². The van der Waals surface area contributed by atoms with E-state index in [4.69, 9.17) is 9.47 Å². The Morgan fingerprint density at radius 3 is 2.68 bits per heavy atom. The van der Waals surface area contributed by atoms with Crippen molar-refractivity contribution in [3.8, 4) is 5.75 Å². The van der Waals surface area contributed by atoms with Gasteiger partial charge in [0, 0.05) is 18.7 Å². The summed E-state index contributed by atoms with van der Waals surface area (Å²) in [6.45, 7) is 7.74. The van der Waals surface area contributed by atoms with E-state index in [2.05, 4.69) is 31.3 Å². The summed E-state index contributed by atoms with van der Waals surface area (Å²) in [4.78, 5) is 0. The van der Waals surface area contributed by atoms with Crippen LogP contribution in [-0.2, 0) is 17.9 Å². The third kappa shape index (κ3) is 6.08. The van der Waals surface area contributed by atoms with Gasteiger partial charge in [-0.2, -0.15) is 0 Å². The minimum atomic E-state index is 0.630. The second-order valence-corrected chi connectivity index (χ2v) is 4.73. The zero-order valence-electron chi connectivity index (χ0n) is 12.5. The smallest absolute Gasteiger partial charge is 0.124 e. The molecule has 1 rings (SSSR count). The number of ether oxygens (including phenoxy) is 2. The van der Waals surface area contributed by atoms with Gasteiger partial charge < -0.3 is 14.8 Å². The van der Waals surface area contributed by atoms with E-state index >= 15 is 0 Å². The molecule has 3 heteroatoms. The molecule has 0 fully saturated rings. The van der Waals surface area contributed by atoms with Gasteiger partial charge in [-0.15, -0.1) is 0 Å². The van der Waals surface area contributed by atoms with Crippen LogP contribution in [0.15, 0.2) is 18.2 Å². The van der Waals surface area contributed by atoms with Crippen molar-refractivity contribution in [3.63, 3.8) is 0 Å². The molecule has 0 saturated heterocycles. The van der Waals surface area contributed by atoms with Crippen molar-refractivity contribution < 1.29 is 9.47 Å². The molecule has 0 radical (unpaired) electrons. The molecule has 0 aliphatic carbocycles. The van der Waals surface area contributed by atoms with Crippen molar-refractivity contribution in [1.82, 2.24) is 5.32 Å². The van der Waals surface area contributed by atoms with Crippen LogP contribution < -0.4 is 10.1 Å². The Balaban J connectivity index is 2.56. The summed E-state index contributed by atoms with van der Waals surface area (Å²) in [5, 5.41) is 3.41. The predicted octanol–water partition coefficient (Wildman–Crippen LogP) is 3.51. The summed E-state index contributed by atoms with van der Waals surface area (Å²) in [5.74, 6) is 0.913. The van der Waals surface area contributed by atoms with Crippen molar-refractivity contribution in [2.24, 2.45) is 0 Å². The van der Waals surface area contributed by atoms with Gasteiger partial charge in [-0.1, -0.05) is 26.3 Å². The van der Waals surface area contributed by atoms with E-state index in [1.165, 1.54) is 5.56 Å². The van der Waals surface area contributed by atoms with Gasteiger partial charge in [-0.25, -0.2) is 0 Å². The highest BCUT2D eigenvalue weighted by Gasteiger charge is 2.04. The minimum absolute atomic E-state index is 0.630. The highest BCUT2D eigenvalue weighted by molar-refractivity contribution is 5.36. The molecule has 0 saturated carbocycles. The Morgan fingerprint density at radius 1 is 1.16 bits per heavy atom. The maximum atomic E-state index is 5.68. The van der Waals surface area contributed by atoms with Crippen molar-refractivity contribution >= 4 is 0 Å². The second kappa shape index (κ2) is 9.82. The number of unbranched alkanes of at least 4 members (excludes halogenated alkanes) is 1. The van der Waals surface area contributed by atoms with Crippen molar-refractivity contribution in [2.75, 3.05) is 20.3 Å². The number of rotatable bonds is 10. The van der Waals surface area contributed by atoms with Gasteiger partial charge >= 0.3 is 0 Å². The van der Waals surface area contributed by atoms with Crippen molar-refractivity contribution in [2.45, 2.75) is 46.3 Å². The standard InChI is InChI=1S/C16H27NO2/c1-4-6-10-19-13-15-11-14(12-17-9-5-2)7-8-16(15)18-3/h7-8,11,17H,4-6,9-10,12-13H2,1-3H3. The summed E-state index contributed by atoms with van der Waals surface area (Å²) in [5.41, 5.74) is 2.41. The fraction of sp³-hybridized carbons (Fsp3) is 0.625. The highest BCUT2D eigenvalue weighted by atomic mass is 16.5. The lowest BCUT2D eigenvalue weighted by atomic mass is 10.1. The van der Waals surface area contributed by atoms with Crippen LogP contribution in [0.2, 0.25) is 0 Å². The van der Waals surface area contributed by atoms with Gasteiger partial charge in [0.2, 0.25) is 0 Å². The molecule has 0 aliphatic heterocycles. The topological polar surface area (TPSA) is 30.5 Å². The number of nitrogens with one attached hydrogen (secondary N) is 1. The van der Waals surface area contributed by atoms with Gasteiger partial charge in [0.15, 0.2) is 0 Å². The van der Waals surface area contributed by atoms with Gasteiger partial charge in [-0.05, 0) is 37.1 Å². The SMILES string of the molecule is CCCCOCc1cc(CNCCC)ccc1OC. The molecule has 0 aromatic heterocycles. The maximum absolute atomic E-state index is 5.68. The van der Waals surface area contributed by atoms with Crippen LogP contribution in [0.4, 0.5) is 0 Å². The third-order valence-corrected chi connectivity index (χ3v) is 3.00. The Bertz CT molecular complexity index is 353. The average Bonchev–Trinajstić information content (AvgIpc) is 2.44. The largest absolute Gasteiger partial charge is 0.496 e. The first-order valence-corrected chi connectivity index (χ1v) is 7.26. The molecule has 3 nitrogen and oxygen atoms in total. The summed E-state index contributed by atoms with van der Waals surface area (Å²) >= 11 is 0. The van der Waals surface area contributed by atoms with Gasteiger partial charge in [0.25, 0.3) is 0 Å². The van der Waals surface area contributed by atoms with Gasteiger partial charge in [0.05, 0.1) is 13.7 Å². The summed E-state index contributed by atoms with van der Waals surface area (Å²) < 4.78 is 11.1. The quantitative estimate of drug-likeness (QED) is 0.657. The molecule has 0 unspecified atom stereocenters. The fourth-order valence-electron chi connectivity index (χ4n) is 1.89. The maximum Gasteiger partial charge on any atom is 0.124 e. The Morgan fingerprint density at radius 2 is 2.00 bits per heavy atom. The van der Waals surface area contributed by atoms with E-state index in [9.17, 15) is 0 Å². The monoisotopic (exact) mass is 265 g/mol. The number of hydrogen-bond acceptors (Lipinski definition) is 3. The third-order valence-electron chi connectivity index (χ3n) is 3.00. The average molecular weight is 265 g/mol. The molecule has 1 aromatic carbocycles. The molecule has 108 valence electrons. The second-order valence-electron chi connectivity index (χ2n) is 4.73. The number of benzene rings is 1. The van der Waals surface area contributed by atoms with Crippen molar-refractivity contribution in [3.05, 3.63) is 29.3 Å². The first kappa shape index (κ1) is 16.0. The van der Waals surface area contributed by atoms with Crippen LogP contribution in [0.25, 0.3) is 0 Å². The van der Waals surface area contributed by atoms with E-state index in [0.29, 0.717) is 6.61 Å². The van der Waals surface area contributed by atoms with E-state index in [1.54, 1.807) is 7.11 Å². The van der Waals surface area contributed by atoms with Crippen LogP contribution in [0.5, 0.6) is 5.75 Å². The molecule has 0 aliphatic rings. The zero-order chi connectivity index (χ0) is 13.9. The van der Waals surface area contributed by atoms with E-state index in [0.717, 1.165) is 50.3 Å².